The Balaban J connectivity index is 2.53. The molecule has 0 radical (unpaired) electrons. The Morgan fingerprint density at radius 3 is 2.52 bits per heavy atom. The molecule has 9 nitrogen and oxygen atoms in total. The Morgan fingerprint density at radius 1 is 1.26 bits per heavy atom. The standard InChI is InChI=1S/C16H22ClN5O4S/c1-9(2)6-7-18-16(27)21-20-14(23)10(3)19-15(24)11-4-5-12(17)13(8-11)22(25)26/h4-5,8-10H,6-7H2,1-3H3,(H,19,24)(H,20,23)(H2,18,21,27)/t10-/m0/s1. The van der Waals surface area contributed by atoms with Gasteiger partial charge in [-0.15, -0.1) is 0 Å². The summed E-state index contributed by atoms with van der Waals surface area (Å²) < 4.78 is 0. The minimum atomic E-state index is -0.904. The maximum absolute atomic E-state index is 12.2. The van der Waals surface area contributed by atoms with Gasteiger partial charge in [-0.3, -0.25) is 30.6 Å². The number of nitrogens with one attached hydrogen (secondary N) is 4. The second-order valence-electron chi connectivity index (χ2n) is 6.17. The number of hydrogen-bond acceptors (Lipinski definition) is 5. The third-order valence-corrected chi connectivity index (χ3v) is 4.02. The summed E-state index contributed by atoms with van der Waals surface area (Å²) in [7, 11) is 0. The number of benzene rings is 1. The van der Waals surface area contributed by atoms with Crippen molar-refractivity contribution in [3.05, 3.63) is 38.9 Å². The largest absolute Gasteiger partial charge is 0.361 e. The molecule has 1 aromatic carbocycles. The molecule has 2 amide bonds. The molecule has 0 spiro atoms. The van der Waals surface area contributed by atoms with E-state index in [9.17, 15) is 19.7 Å². The number of nitro benzene ring substituents is 1. The number of thiocarbonyl (C=S) groups is 1. The Hall–Kier alpha value is -2.46. The van der Waals surface area contributed by atoms with Crippen LogP contribution in [-0.4, -0.2) is 34.4 Å². The van der Waals surface area contributed by atoms with E-state index in [4.69, 9.17) is 23.8 Å². The fourth-order valence-corrected chi connectivity index (χ4v) is 2.22. The molecule has 0 unspecified atom stereocenters. The van der Waals surface area contributed by atoms with Crippen molar-refractivity contribution in [2.24, 2.45) is 5.92 Å². The third-order valence-electron chi connectivity index (χ3n) is 3.45. The number of carbonyl (C=O) groups excluding carboxylic acids is 2. The summed E-state index contributed by atoms with van der Waals surface area (Å²) in [6.45, 7) is 6.30. The molecule has 0 saturated heterocycles. The van der Waals surface area contributed by atoms with Crippen LogP contribution in [0, 0.1) is 16.0 Å². The minimum absolute atomic E-state index is 0.0181. The first-order valence-electron chi connectivity index (χ1n) is 8.20. The van der Waals surface area contributed by atoms with Crippen LogP contribution in [0.5, 0.6) is 0 Å². The summed E-state index contributed by atoms with van der Waals surface area (Å²) in [6, 6.07) is 2.73. The highest BCUT2D eigenvalue weighted by Gasteiger charge is 2.20. The molecule has 0 fully saturated rings. The van der Waals surface area contributed by atoms with Gasteiger partial charge in [0.1, 0.15) is 11.1 Å². The molecule has 0 bridgehead atoms. The molecule has 4 N–H and O–H groups in total. The van der Waals surface area contributed by atoms with E-state index in [1.54, 1.807) is 0 Å². The van der Waals surface area contributed by atoms with Gasteiger partial charge in [-0.05, 0) is 43.6 Å². The smallest absolute Gasteiger partial charge is 0.288 e. The molecule has 148 valence electrons. The van der Waals surface area contributed by atoms with Crippen LogP contribution in [-0.2, 0) is 4.79 Å². The Bertz CT molecular complexity index is 729. The summed E-state index contributed by atoms with van der Waals surface area (Å²) in [6.07, 6.45) is 0.926. The van der Waals surface area contributed by atoms with Crippen molar-refractivity contribution in [3.8, 4) is 0 Å². The molecule has 0 aliphatic carbocycles. The van der Waals surface area contributed by atoms with Gasteiger partial charge in [0.15, 0.2) is 5.11 Å². The predicted octanol–water partition coefficient (Wildman–Crippen LogP) is 1.91. The molecule has 0 aliphatic rings. The lowest BCUT2D eigenvalue weighted by Crippen LogP contribution is -2.53. The zero-order chi connectivity index (χ0) is 20.6. The monoisotopic (exact) mass is 415 g/mol. The van der Waals surface area contributed by atoms with Gasteiger partial charge in [0.25, 0.3) is 17.5 Å². The van der Waals surface area contributed by atoms with E-state index >= 15 is 0 Å². The summed E-state index contributed by atoms with van der Waals surface area (Å²) in [4.78, 5) is 34.4. The van der Waals surface area contributed by atoms with Gasteiger partial charge < -0.3 is 10.6 Å². The van der Waals surface area contributed by atoms with Crippen molar-refractivity contribution in [2.45, 2.75) is 33.2 Å². The lowest BCUT2D eigenvalue weighted by molar-refractivity contribution is -0.384. The number of nitro groups is 1. The zero-order valence-electron chi connectivity index (χ0n) is 15.2. The highest BCUT2D eigenvalue weighted by atomic mass is 35.5. The van der Waals surface area contributed by atoms with Crippen LogP contribution in [0.3, 0.4) is 0 Å². The Morgan fingerprint density at radius 2 is 1.93 bits per heavy atom. The number of hydrogen-bond donors (Lipinski definition) is 4. The summed E-state index contributed by atoms with van der Waals surface area (Å²) in [5.41, 5.74) is 4.55. The summed E-state index contributed by atoms with van der Waals surface area (Å²) in [5.74, 6) is -0.649. The second kappa shape index (κ2) is 10.6. The molecule has 0 aromatic heterocycles. The zero-order valence-corrected chi connectivity index (χ0v) is 16.7. The fourth-order valence-electron chi connectivity index (χ4n) is 1.88. The number of halogens is 1. The van der Waals surface area contributed by atoms with Gasteiger partial charge in [0.05, 0.1) is 4.92 Å². The molecule has 1 aromatic rings. The maximum atomic E-state index is 12.2. The van der Waals surface area contributed by atoms with E-state index in [1.165, 1.54) is 19.1 Å². The van der Waals surface area contributed by atoms with Crippen LogP contribution < -0.4 is 21.5 Å². The molecule has 0 saturated carbocycles. The van der Waals surface area contributed by atoms with E-state index in [0.29, 0.717) is 12.5 Å². The predicted molar refractivity (Wildman–Crippen MR) is 106 cm³/mol. The van der Waals surface area contributed by atoms with Crippen molar-refractivity contribution < 1.29 is 14.5 Å². The maximum Gasteiger partial charge on any atom is 0.288 e. The first-order valence-corrected chi connectivity index (χ1v) is 8.99. The third kappa shape index (κ3) is 7.75. The molecule has 0 heterocycles. The van der Waals surface area contributed by atoms with Crippen LogP contribution in [0.2, 0.25) is 5.02 Å². The minimum Gasteiger partial charge on any atom is -0.361 e. The number of nitrogens with zero attached hydrogens (tertiary/aromatic N) is 1. The van der Waals surface area contributed by atoms with Crippen LogP contribution in [0.25, 0.3) is 0 Å². The van der Waals surface area contributed by atoms with Gasteiger partial charge in [-0.25, -0.2) is 0 Å². The SMILES string of the molecule is CC(C)CCNC(=S)NNC(=O)[C@H](C)NC(=O)c1ccc(Cl)c([N+](=O)[O-])c1. The van der Waals surface area contributed by atoms with E-state index in [1.807, 2.05) is 0 Å². The molecule has 1 rings (SSSR count). The van der Waals surface area contributed by atoms with Gasteiger partial charge in [-0.1, -0.05) is 25.4 Å². The second-order valence-corrected chi connectivity index (χ2v) is 6.99. The van der Waals surface area contributed by atoms with E-state index in [-0.39, 0.29) is 21.4 Å². The number of hydrazine groups is 1. The Labute approximate surface area is 167 Å². The topological polar surface area (TPSA) is 125 Å². The van der Waals surface area contributed by atoms with Crippen molar-refractivity contribution >= 4 is 46.4 Å². The van der Waals surface area contributed by atoms with Crippen molar-refractivity contribution in [1.29, 1.82) is 0 Å². The molecule has 0 aliphatic heterocycles. The van der Waals surface area contributed by atoms with Gasteiger partial charge >= 0.3 is 0 Å². The van der Waals surface area contributed by atoms with Crippen LogP contribution in [0.1, 0.15) is 37.6 Å². The normalized spacial score (nSPS) is 11.4. The number of rotatable bonds is 7. The molecule has 11 heteroatoms. The van der Waals surface area contributed by atoms with E-state index in [2.05, 4.69) is 35.3 Å². The molecular formula is C16H22ClN5O4S. The molecule has 27 heavy (non-hydrogen) atoms. The van der Waals surface area contributed by atoms with Gasteiger partial charge in [0.2, 0.25) is 0 Å². The van der Waals surface area contributed by atoms with Gasteiger partial charge in [-0.2, -0.15) is 0 Å². The number of carbonyl (C=O) groups is 2. The van der Waals surface area contributed by atoms with Crippen LogP contribution >= 0.6 is 23.8 Å². The first kappa shape index (κ1) is 22.6. The molecule has 1 atom stereocenters. The quantitative estimate of drug-likeness (QED) is 0.304. The lowest BCUT2D eigenvalue weighted by Gasteiger charge is -2.16. The van der Waals surface area contributed by atoms with Gasteiger partial charge in [0, 0.05) is 18.2 Å². The average Bonchev–Trinajstić information content (AvgIpc) is 2.59. The van der Waals surface area contributed by atoms with Crippen molar-refractivity contribution in [3.63, 3.8) is 0 Å². The highest BCUT2D eigenvalue weighted by Crippen LogP contribution is 2.25. The van der Waals surface area contributed by atoms with Crippen molar-refractivity contribution in [1.82, 2.24) is 21.5 Å². The summed E-state index contributed by atoms with van der Waals surface area (Å²) >= 11 is 10.7. The van der Waals surface area contributed by atoms with Crippen LogP contribution in [0.15, 0.2) is 18.2 Å². The highest BCUT2D eigenvalue weighted by molar-refractivity contribution is 7.80. The fraction of sp³-hybridized carbons (Fsp3) is 0.438. The average molecular weight is 416 g/mol. The Kier molecular flexibility index (Phi) is 8.89. The molecular weight excluding hydrogens is 394 g/mol. The van der Waals surface area contributed by atoms with Crippen molar-refractivity contribution in [2.75, 3.05) is 6.54 Å². The number of amides is 2. The van der Waals surface area contributed by atoms with E-state index < -0.39 is 22.8 Å². The lowest BCUT2D eigenvalue weighted by atomic mass is 10.1. The first-order chi connectivity index (χ1) is 12.6. The van der Waals surface area contributed by atoms with E-state index in [0.717, 1.165) is 12.5 Å². The van der Waals surface area contributed by atoms with Crippen LogP contribution in [0.4, 0.5) is 5.69 Å². The summed E-state index contributed by atoms with van der Waals surface area (Å²) in [5, 5.41) is 16.5.